The van der Waals surface area contributed by atoms with Crippen molar-refractivity contribution < 1.29 is 22.0 Å². The van der Waals surface area contributed by atoms with E-state index in [9.17, 15) is 22.0 Å². The number of sulfonamides is 1. The molecule has 6 nitrogen and oxygen atoms in total. The summed E-state index contributed by atoms with van der Waals surface area (Å²) in [5.41, 5.74) is 0.414. The van der Waals surface area contributed by atoms with Gasteiger partial charge in [-0.1, -0.05) is 29.3 Å². The van der Waals surface area contributed by atoms with Crippen molar-refractivity contribution in [3.8, 4) is 0 Å². The second-order valence-electron chi connectivity index (χ2n) is 6.72. The lowest BCUT2D eigenvalue weighted by molar-refractivity contribution is -0.116. The molecule has 162 valence electrons. The number of hydrogen-bond donors (Lipinski definition) is 1. The highest BCUT2D eigenvalue weighted by Crippen LogP contribution is 2.26. The van der Waals surface area contributed by atoms with E-state index in [0.29, 0.717) is 35.4 Å². The van der Waals surface area contributed by atoms with Gasteiger partial charge >= 0.3 is 0 Å². The van der Waals surface area contributed by atoms with Crippen LogP contribution in [0, 0.1) is 11.6 Å². The Morgan fingerprint density at radius 2 is 1.67 bits per heavy atom. The molecule has 1 N–H and O–H groups in total. The van der Waals surface area contributed by atoms with Crippen LogP contribution in [-0.2, 0) is 14.8 Å². The topological polar surface area (TPSA) is 69.7 Å². The molecule has 0 atom stereocenters. The largest absolute Gasteiger partial charge is 0.325 e. The molecule has 1 heterocycles. The third kappa shape index (κ3) is 5.28. The van der Waals surface area contributed by atoms with Gasteiger partial charge in [0.25, 0.3) is 0 Å². The molecule has 11 heteroatoms. The van der Waals surface area contributed by atoms with Crippen molar-refractivity contribution in [1.29, 1.82) is 0 Å². The molecule has 3 rings (SSSR count). The van der Waals surface area contributed by atoms with Gasteiger partial charge in [0.2, 0.25) is 15.9 Å². The number of hydrogen-bond acceptors (Lipinski definition) is 4. The first-order valence-electron chi connectivity index (χ1n) is 9.10. The van der Waals surface area contributed by atoms with Gasteiger partial charge < -0.3 is 10.2 Å². The van der Waals surface area contributed by atoms with Gasteiger partial charge in [-0.15, -0.1) is 0 Å². The summed E-state index contributed by atoms with van der Waals surface area (Å²) >= 11 is 11.9. The Balaban J connectivity index is 1.53. The fraction of sp³-hybridized carbons (Fsp3) is 0.316. The number of anilines is 1. The number of piperazine rings is 1. The van der Waals surface area contributed by atoms with Gasteiger partial charge in [0.1, 0.15) is 11.6 Å². The highest BCUT2D eigenvalue weighted by molar-refractivity contribution is 7.89. The Bertz CT molecular complexity index is 1030. The van der Waals surface area contributed by atoms with Crippen LogP contribution in [0.4, 0.5) is 14.5 Å². The summed E-state index contributed by atoms with van der Waals surface area (Å²) in [7, 11) is -4.28. The molecule has 0 aliphatic carbocycles. The molecule has 1 amide bonds. The molecular formula is C19H19Cl2F2N3O3S. The van der Waals surface area contributed by atoms with Gasteiger partial charge in [-0.25, -0.2) is 17.2 Å². The van der Waals surface area contributed by atoms with Crippen molar-refractivity contribution in [3.05, 3.63) is 58.1 Å². The van der Waals surface area contributed by atoms with Gasteiger partial charge in [-0.3, -0.25) is 4.79 Å². The molecule has 0 bridgehead atoms. The van der Waals surface area contributed by atoms with Crippen molar-refractivity contribution in [2.24, 2.45) is 0 Å². The number of benzene rings is 2. The minimum Gasteiger partial charge on any atom is -0.325 e. The van der Waals surface area contributed by atoms with E-state index >= 15 is 0 Å². The van der Waals surface area contributed by atoms with Crippen molar-refractivity contribution in [2.45, 2.75) is 11.3 Å². The summed E-state index contributed by atoms with van der Waals surface area (Å²) in [6.45, 7) is 1.20. The molecule has 0 spiro atoms. The molecule has 0 saturated carbocycles. The van der Waals surface area contributed by atoms with E-state index in [1.54, 1.807) is 18.2 Å². The van der Waals surface area contributed by atoms with Crippen LogP contribution in [0.25, 0.3) is 0 Å². The second kappa shape index (κ2) is 9.57. The molecule has 2 aromatic rings. The van der Waals surface area contributed by atoms with Crippen LogP contribution in [0.2, 0.25) is 10.0 Å². The summed E-state index contributed by atoms with van der Waals surface area (Å²) in [6, 6.07) is 7.68. The van der Waals surface area contributed by atoms with Crippen LogP contribution < -0.4 is 5.32 Å². The number of carbonyl (C=O) groups is 1. The monoisotopic (exact) mass is 477 g/mol. The van der Waals surface area contributed by atoms with Gasteiger partial charge in [-0.2, -0.15) is 4.31 Å². The maximum atomic E-state index is 13.9. The molecule has 2 aromatic carbocycles. The van der Waals surface area contributed by atoms with Crippen LogP contribution in [0.3, 0.4) is 0 Å². The second-order valence-corrected chi connectivity index (χ2v) is 9.44. The van der Waals surface area contributed by atoms with E-state index in [1.165, 1.54) is 0 Å². The Morgan fingerprint density at radius 3 is 2.30 bits per heavy atom. The molecule has 0 unspecified atom stereocenters. The van der Waals surface area contributed by atoms with Crippen LogP contribution >= 0.6 is 23.2 Å². The number of carbonyl (C=O) groups excluding carboxylic acids is 1. The number of rotatable bonds is 6. The molecule has 1 aliphatic heterocycles. The van der Waals surface area contributed by atoms with Crippen LogP contribution in [0.5, 0.6) is 0 Å². The highest BCUT2D eigenvalue weighted by Gasteiger charge is 2.33. The zero-order valence-electron chi connectivity index (χ0n) is 15.7. The van der Waals surface area contributed by atoms with E-state index in [1.807, 2.05) is 4.90 Å². The smallest absolute Gasteiger partial charge is 0.249 e. The number of nitrogens with one attached hydrogen (secondary N) is 1. The first kappa shape index (κ1) is 22.9. The lowest BCUT2D eigenvalue weighted by atomic mass is 10.3. The minimum absolute atomic E-state index is 0.0673. The molecule has 1 saturated heterocycles. The lowest BCUT2D eigenvalue weighted by Crippen LogP contribution is -2.49. The summed E-state index contributed by atoms with van der Waals surface area (Å²) < 4.78 is 54.1. The zero-order chi connectivity index (χ0) is 21.9. The fourth-order valence-electron chi connectivity index (χ4n) is 3.12. The first-order valence-corrected chi connectivity index (χ1v) is 11.3. The van der Waals surface area contributed by atoms with Crippen LogP contribution in [-0.4, -0.2) is 56.3 Å². The van der Waals surface area contributed by atoms with Crippen molar-refractivity contribution in [3.63, 3.8) is 0 Å². The Morgan fingerprint density at radius 1 is 1.03 bits per heavy atom. The van der Waals surface area contributed by atoms with E-state index < -0.39 is 26.6 Å². The Kier molecular flexibility index (Phi) is 7.30. The summed E-state index contributed by atoms with van der Waals surface area (Å²) in [5.74, 6) is -2.50. The Labute approximate surface area is 183 Å². The van der Waals surface area contributed by atoms with Gasteiger partial charge in [0, 0.05) is 44.2 Å². The normalized spacial score (nSPS) is 15.9. The summed E-state index contributed by atoms with van der Waals surface area (Å²) in [5, 5.41) is 3.50. The van der Waals surface area contributed by atoms with Crippen LogP contribution in [0.15, 0.2) is 41.3 Å². The van der Waals surface area contributed by atoms with Crippen molar-refractivity contribution >= 4 is 44.8 Å². The maximum absolute atomic E-state index is 13.9. The molecule has 1 aliphatic rings. The number of nitrogens with zero attached hydrogens (tertiary/aromatic N) is 2. The number of amides is 1. The minimum atomic E-state index is -4.28. The van der Waals surface area contributed by atoms with Crippen molar-refractivity contribution in [1.82, 2.24) is 9.21 Å². The fourth-order valence-corrected chi connectivity index (χ4v) is 4.99. The molecule has 1 fully saturated rings. The van der Waals surface area contributed by atoms with Crippen LogP contribution in [0.1, 0.15) is 6.42 Å². The third-order valence-corrected chi connectivity index (χ3v) is 7.22. The standard InChI is InChI=1S/C19H19Cl2F2N3O3S/c20-13-4-5-14(21)17(12-13)24-18(27)6-7-25-8-10-26(11-9-25)30(28,29)19-15(22)2-1-3-16(19)23/h1-5,12H,6-11H2,(H,24,27). The summed E-state index contributed by atoms with van der Waals surface area (Å²) in [4.78, 5) is 13.1. The van der Waals surface area contributed by atoms with Crippen molar-refractivity contribution in [2.75, 3.05) is 38.0 Å². The molecule has 30 heavy (non-hydrogen) atoms. The summed E-state index contributed by atoms with van der Waals surface area (Å²) in [6.07, 6.45) is 0.164. The van der Waals surface area contributed by atoms with E-state index in [2.05, 4.69) is 5.32 Å². The zero-order valence-corrected chi connectivity index (χ0v) is 18.1. The lowest BCUT2D eigenvalue weighted by Gasteiger charge is -2.33. The molecule has 0 radical (unpaired) electrons. The Hall–Kier alpha value is -1.78. The molecular weight excluding hydrogens is 459 g/mol. The first-order chi connectivity index (χ1) is 14.2. The van der Waals surface area contributed by atoms with Gasteiger partial charge in [-0.05, 0) is 30.3 Å². The third-order valence-electron chi connectivity index (χ3n) is 4.71. The molecule has 0 aromatic heterocycles. The highest BCUT2D eigenvalue weighted by atomic mass is 35.5. The quantitative estimate of drug-likeness (QED) is 0.689. The number of halogens is 4. The van der Waals surface area contributed by atoms with Gasteiger partial charge in [0.05, 0.1) is 10.7 Å². The van der Waals surface area contributed by atoms with Gasteiger partial charge in [0.15, 0.2) is 4.90 Å². The van der Waals surface area contributed by atoms with E-state index in [0.717, 1.165) is 22.5 Å². The SMILES string of the molecule is O=C(CCN1CCN(S(=O)(=O)c2c(F)cccc2F)CC1)Nc1cc(Cl)ccc1Cl. The van der Waals surface area contributed by atoms with E-state index in [-0.39, 0.29) is 25.4 Å². The predicted molar refractivity (Wildman–Crippen MR) is 111 cm³/mol. The maximum Gasteiger partial charge on any atom is 0.249 e. The van der Waals surface area contributed by atoms with E-state index in [4.69, 9.17) is 23.2 Å². The predicted octanol–water partition coefficient (Wildman–Crippen LogP) is 3.61. The average molecular weight is 478 g/mol. The average Bonchev–Trinajstić information content (AvgIpc) is 2.69.